The van der Waals surface area contributed by atoms with Crippen LogP contribution in [0.3, 0.4) is 0 Å². The van der Waals surface area contributed by atoms with Crippen LogP contribution in [0.1, 0.15) is 22.8 Å². The van der Waals surface area contributed by atoms with Gasteiger partial charge in [-0.25, -0.2) is 0 Å². The van der Waals surface area contributed by atoms with Crippen LogP contribution in [0.15, 0.2) is 6.07 Å². The van der Waals surface area contributed by atoms with Crippen molar-refractivity contribution in [3.63, 3.8) is 0 Å². The molecule has 1 saturated heterocycles. The topological polar surface area (TPSA) is 137 Å². The van der Waals surface area contributed by atoms with Crippen molar-refractivity contribution in [2.75, 3.05) is 6.61 Å². The number of Topliss-reactive ketones (excluding diaryl/α,β-unsaturated/α-hetero) is 1. The maximum atomic E-state index is 11.7. The van der Waals surface area contributed by atoms with E-state index >= 15 is 0 Å². The normalized spacial score (nSPS) is 33.5. The third-order valence-electron chi connectivity index (χ3n) is 4.06. The first-order valence-corrected chi connectivity index (χ1v) is 6.73. The number of carbonyl (C=O) groups excluding carboxylic acids is 1. The molecule has 8 heteroatoms. The summed E-state index contributed by atoms with van der Waals surface area (Å²) in [7, 11) is 0. The largest absolute Gasteiger partial charge is 0.507 e. The lowest BCUT2D eigenvalue weighted by molar-refractivity contribution is -0.300. The molecule has 2 aliphatic heterocycles. The lowest BCUT2D eigenvalue weighted by Gasteiger charge is -2.41. The summed E-state index contributed by atoms with van der Waals surface area (Å²) in [5, 5.41) is 49.3. The SMILES string of the molecule is CC(=O)c1c(O)cc(O)c2c1O[C@]1(C2)OCC(O)C(O)[C@@H]1O. The van der Waals surface area contributed by atoms with Gasteiger partial charge >= 0.3 is 0 Å². The number of ketones is 1. The molecule has 5 N–H and O–H groups in total. The van der Waals surface area contributed by atoms with Crippen LogP contribution >= 0.6 is 0 Å². The molecular formula is C14H16O8. The fourth-order valence-corrected chi connectivity index (χ4v) is 2.88. The van der Waals surface area contributed by atoms with Gasteiger partial charge in [0.1, 0.15) is 41.1 Å². The van der Waals surface area contributed by atoms with Gasteiger partial charge in [-0.05, 0) is 6.92 Å². The summed E-state index contributed by atoms with van der Waals surface area (Å²) in [5.74, 6) is -3.07. The highest BCUT2D eigenvalue weighted by atomic mass is 16.7. The quantitative estimate of drug-likeness (QED) is 0.418. The van der Waals surface area contributed by atoms with E-state index in [1.165, 1.54) is 6.92 Å². The molecule has 0 saturated carbocycles. The highest BCUT2D eigenvalue weighted by molar-refractivity contribution is 6.00. The second-order valence-corrected chi connectivity index (χ2v) is 5.56. The van der Waals surface area contributed by atoms with Crippen LogP contribution in [0.25, 0.3) is 0 Å². The van der Waals surface area contributed by atoms with Crippen LogP contribution in [0.5, 0.6) is 17.2 Å². The Bertz CT molecular complexity index is 642. The summed E-state index contributed by atoms with van der Waals surface area (Å²) >= 11 is 0. The van der Waals surface area contributed by atoms with E-state index in [4.69, 9.17) is 9.47 Å². The molecule has 2 unspecified atom stereocenters. The summed E-state index contributed by atoms with van der Waals surface area (Å²) in [5.41, 5.74) is 0.0479. The van der Waals surface area contributed by atoms with Gasteiger partial charge in [-0.3, -0.25) is 4.79 Å². The van der Waals surface area contributed by atoms with Crippen molar-refractivity contribution in [1.82, 2.24) is 0 Å². The zero-order chi connectivity index (χ0) is 16.2. The zero-order valence-corrected chi connectivity index (χ0v) is 11.7. The maximum absolute atomic E-state index is 11.7. The molecule has 0 aliphatic carbocycles. The molecule has 2 heterocycles. The molecule has 0 aromatic heterocycles. The monoisotopic (exact) mass is 312 g/mol. The molecule has 8 nitrogen and oxygen atoms in total. The number of aromatic hydroxyl groups is 2. The highest BCUT2D eigenvalue weighted by Crippen LogP contribution is 2.49. The Hall–Kier alpha value is -1.87. The van der Waals surface area contributed by atoms with Crippen LogP contribution < -0.4 is 4.74 Å². The fraction of sp³-hybridized carbons (Fsp3) is 0.500. The zero-order valence-electron chi connectivity index (χ0n) is 11.7. The van der Waals surface area contributed by atoms with Gasteiger partial charge in [0.25, 0.3) is 0 Å². The smallest absolute Gasteiger partial charge is 0.243 e. The molecule has 1 spiro atoms. The molecule has 1 aromatic carbocycles. The van der Waals surface area contributed by atoms with Crippen molar-refractivity contribution in [3.8, 4) is 17.2 Å². The van der Waals surface area contributed by atoms with Gasteiger partial charge in [0, 0.05) is 18.1 Å². The predicted molar refractivity (Wildman–Crippen MR) is 70.8 cm³/mol. The van der Waals surface area contributed by atoms with E-state index in [0.29, 0.717) is 0 Å². The summed E-state index contributed by atoms with van der Waals surface area (Å²) < 4.78 is 10.9. The van der Waals surface area contributed by atoms with Crippen molar-refractivity contribution >= 4 is 5.78 Å². The number of hydrogen-bond acceptors (Lipinski definition) is 8. The molecule has 4 atom stereocenters. The van der Waals surface area contributed by atoms with Crippen LogP contribution in [-0.4, -0.2) is 62.0 Å². The van der Waals surface area contributed by atoms with Crippen molar-refractivity contribution in [2.24, 2.45) is 0 Å². The molecule has 2 aliphatic rings. The Morgan fingerprint density at radius 2 is 1.95 bits per heavy atom. The second-order valence-electron chi connectivity index (χ2n) is 5.56. The molecule has 0 radical (unpaired) electrons. The second kappa shape index (κ2) is 4.82. The Kier molecular flexibility index (Phi) is 3.29. The third-order valence-corrected chi connectivity index (χ3v) is 4.06. The van der Waals surface area contributed by atoms with E-state index in [2.05, 4.69) is 0 Å². The van der Waals surface area contributed by atoms with Gasteiger partial charge in [0.05, 0.1) is 6.61 Å². The fourth-order valence-electron chi connectivity index (χ4n) is 2.88. The molecule has 1 aromatic rings. The number of hydrogen-bond donors (Lipinski definition) is 5. The number of phenolic OH excluding ortho intramolecular Hbond substituents is 2. The molecule has 1 fully saturated rings. The molecule has 3 rings (SSSR count). The molecule has 0 bridgehead atoms. The minimum absolute atomic E-state index is 0.0901. The molecular weight excluding hydrogens is 296 g/mol. The van der Waals surface area contributed by atoms with Crippen molar-refractivity contribution < 1.29 is 39.8 Å². The van der Waals surface area contributed by atoms with Crippen LogP contribution in [0.2, 0.25) is 0 Å². The molecule has 120 valence electrons. The summed E-state index contributed by atoms with van der Waals surface area (Å²) in [6.07, 6.45) is -4.51. The third kappa shape index (κ3) is 1.96. The Morgan fingerprint density at radius 3 is 2.59 bits per heavy atom. The Balaban J connectivity index is 2.07. The van der Waals surface area contributed by atoms with Crippen LogP contribution in [-0.2, 0) is 11.2 Å². The van der Waals surface area contributed by atoms with Crippen molar-refractivity contribution in [1.29, 1.82) is 0 Å². The average Bonchev–Trinajstić information content (AvgIpc) is 2.82. The number of aliphatic hydroxyl groups is 3. The van der Waals surface area contributed by atoms with E-state index < -0.39 is 35.6 Å². The lowest BCUT2D eigenvalue weighted by Crippen LogP contribution is -2.63. The van der Waals surface area contributed by atoms with Gasteiger partial charge in [0.2, 0.25) is 5.79 Å². The standard InChI is InChI=1S/C14H16O8/c1-5(15)10-8(17)2-7(16)6-3-14(22-12(6)10)13(20)11(19)9(18)4-21-14/h2,9,11,13,16-20H,3-4H2,1H3/t9?,11?,13-,14-/m0/s1. The van der Waals surface area contributed by atoms with E-state index in [1.54, 1.807) is 0 Å². The van der Waals surface area contributed by atoms with Gasteiger partial charge in [-0.15, -0.1) is 0 Å². The van der Waals surface area contributed by atoms with Gasteiger partial charge < -0.3 is 35.0 Å². The first-order valence-electron chi connectivity index (χ1n) is 6.73. The number of rotatable bonds is 1. The number of phenols is 2. The molecule has 0 amide bonds. The Morgan fingerprint density at radius 1 is 1.27 bits per heavy atom. The van der Waals surface area contributed by atoms with Crippen LogP contribution in [0, 0.1) is 0 Å². The summed E-state index contributed by atoms with van der Waals surface area (Å²) in [6.45, 7) is 0.936. The van der Waals surface area contributed by atoms with Crippen LogP contribution in [0.4, 0.5) is 0 Å². The first-order chi connectivity index (χ1) is 10.3. The number of ether oxygens (including phenoxy) is 2. The number of carbonyl (C=O) groups is 1. The Labute approximate surface area is 125 Å². The highest BCUT2D eigenvalue weighted by Gasteiger charge is 2.56. The minimum atomic E-state index is -1.73. The number of fused-ring (bicyclic) bond motifs is 1. The number of benzene rings is 1. The van der Waals surface area contributed by atoms with Gasteiger partial charge in [-0.2, -0.15) is 0 Å². The van der Waals surface area contributed by atoms with E-state index in [0.717, 1.165) is 6.07 Å². The van der Waals surface area contributed by atoms with Crippen molar-refractivity contribution in [3.05, 3.63) is 17.2 Å². The van der Waals surface area contributed by atoms with E-state index in [-0.39, 0.29) is 35.7 Å². The predicted octanol–water partition coefficient (Wildman–Crippen LogP) is -0.956. The lowest BCUT2D eigenvalue weighted by atomic mass is 9.92. The van der Waals surface area contributed by atoms with Crippen molar-refractivity contribution in [2.45, 2.75) is 37.4 Å². The van der Waals surface area contributed by atoms with Gasteiger partial charge in [0.15, 0.2) is 5.78 Å². The summed E-state index contributed by atoms with van der Waals surface area (Å²) in [4.78, 5) is 11.7. The summed E-state index contributed by atoms with van der Waals surface area (Å²) in [6, 6.07) is 1.01. The number of aliphatic hydroxyl groups excluding tert-OH is 3. The first kappa shape index (κ1) is 15.0. The average molecular weight is 312 g/mol. The van der Waals surface area contributed by atoms with E-state index in [9.17, 15) is 30.3 Å². The maximum Gasteiger partial charge on any atom is 0.243 e. The molecule has 22 heavy (non-hydrogen) atoms. The van der Waals surface area contributed by atoms with Gasteiger partial charge in [-0.1, -0.05) is 0 Å². The minimum Gasteiger partial charge on any atom is -0.507 e. The van der Waals surface area contributed by atoms with E-state index in [1.807, 2.05) is 0 Å².